The van der Waals surface area contributed by atoms with Gasteiger partial charge in [-0.05, 0) is 19.3 Å². The molecule has 0 aromatic heterocycles. The van der Waals surface area contributed by atoms with Crippen molar-refractivity contribution < 1.29 is 18.0 Å². The van der Waals surface area contributed by atoms with Gasteiger partial charge in [-0.2, -0.15) is 0 Å². The summed E-state index contributed by atoms with van der Waals surface area (Å²) in [6.07, 6.45) is 1.93. The van der Waals surface area contributed by atoms with Crippen LogP contribution in [0.3, 0.4) is 0 Å². The molecule has 0 spiro atoms. The molecule has 1 heterocycles. The molecule has 116 valence electrons. The second-order valence-electron chi connectivity index (χ2n) is 5.97. The van der Waals surface area contributed by atoms with Crippen LogP contribution >= 0.6 is 0 Å². The molecule has 1 aliphatic heterocycles. The van der Waals surface area contributed by atoms with Crippen molar-refractivity contribution in [1.82, 2.24) is 10.2 Å². The van der Waals surface area contributed by atoms with Gasteiger partial charge in [0, 0.05) is 25.3 Å². The Morgan fingerprint density at radius 2 is 1.90 bits per heavy atom. The highest BCUT2D eigenvalue weighted by atomic mass is 32.2. The molecule has 1 aliphatic rings. The second kappa shape index (κ2) is 6.56. The predicted molar refractivity (Wildman–Crippen MR) is 76.9 cm³/mol. The van der Waals surface area contributed by atoms with Crippen LogP contribution in [0.5, 0.6) is 0 Å². The van der Waals surface area contributed by atoms with Crippen molar-refractivity contribution in [2.24, 2.45) is 5.92 Å². The first-order valence-electron chi connectivity index (χ1n) is 6.87. The van der Waals surface area contributed by atoms with E-state index in [9.17, 15) is 18.0 Å². The van der Waals surface area contributed by atoms with Crippen molar-refractivity contribution in [3.05, 3.63) is 0 Å². The highest BCUT2D eigenvalue weighted by molar-refractivity contribution is 7.90. The Balaban J connectivity index is 2.89. The maximum atomic E-state index is 12.5. The van der Waals surface area contributed by atoms with Crippen molar-refractivity contribution in [3.63, 3.8) is 0 Å². The fraction of sp³-hybridized carbons (Fsp3) is 0.846. The van der Waals surface area contributed by atoms with Crippen molar-refractivity contribution in [3.8, 4) is 0 Å². The normalized spacial score (nSPS) is 22.6. The van der Waals surface area contributed by atoms with Gasteiger partial charge in [0.2, 0.25) is 11.8 Å². The predicted octanol–water partition coefficient (Wildman–Crippen LogP) is 0.183. The zero-order valence-electron chi connectivity index (χ0n) is 12.5. The molecule has 20 heavy (non-hydrogen) atoms. The standard InChI is InChI=1S/C13H24N2O4S/c1-9(2)7-11-13(17)15(6-5-12(16)14-11)10(3)8-20(4,18)19/h9-11H,5-8H2,1-4H3,(H,14,16). The quantitative estimate of drug-likeness (QED) is 0.785. The van der Waals surface area contributed by atoms with Gasteiger partial charge in [-0.1, -0.05) is 13.8 Å². The molecule has 0 aromatic carbocycles. The maximum absolute atomic E-state index is 12.5. The van der Waals surface area contributed by atoms with E-state index < -0.39 is 21.9 Å². The van der Waals surface area contributed by atoms with E-state index in [4.69, 9.17) is 0 Å². The molecule has 2 unspecified atom stereocenters. The van der Waals surface area contributed by atoms with E-state index in [1.165, 1.54) is 4.90 Å². The van der Waals surface area contributed by atoms with E-state index in [2.05, 4.69) is 5.32 Å². The Morgan fingerprint density at radius 1 is 1.30 bits per heavy atom. The first kappa shape index (κ1) is 16.9. The monoisotopic (exact) mass is 304 g/mol. The molecular formula is C13H24N2O4S. The van der Waals surface area contributed by atoms with E-state index in [1.54, 1.807) is 6.92 Å². The smallest absolute Gasteiger partial charge is 0.245 e. The van der Waals surface area contributed by atoms with Crippen LogP contribution in [0.4, 0.5) is 0 Å². The lowest BCUT2D eigenvalue weighted by Gasteiger charge is -2.30. The minimum absolute atomic E-state index is 0.0820. The van der Waals surface area contributed by atoms with Crippen LogP contribution in [-0.4, -0.2) is 55.8 Å². The van der Waals surface area contributed by atoms with Gasteiger partial charge in [0.05, 0.1) is 5.75 Å². The molecule has 6 nitrogen and oxygen atoms in total. The topological polar surface area (TPSA) is 83.6 Å². The van der Waals surface area contributed by atoms with Gasteiger partial charge < -0.3 is 10.2 Å². The van der Waals surface area contributed by atoms with Crippen LogP contribution in [0.2, 0.25) is 0 Å². The molecule has 0 aliphatic carbocycles. The van der Waals surface area contributed by atoms with Crippen molar-refractivity contribution in [2.75, 3.05) is 18.6 Å². The van der Waals surface area contributed by atoms with E-state index in [-0.39, 0.29) is 36.5 Å². The summed E-state index contributed by atoms with van der Waals surface area (Å²) in [7, 11) is -3.16. The Kier molecular flexibility index (Phi) is 5.56. The van der Waals surface area contributed by atoms with Gasteiger partial charge in [-0.15, -0.1) is 0 Å². The van der Waals surface area contributed by atoms with E-state index in [0.717, 1.165) is 6.26 Å². The van der Waals surface area contributed by atoms with Crippen molar-refractivity contribution in [2.45, 2.75) is 45.7 Å². The summed E-state index contributed by atoms with van der Waals surface area (Å²) in [6.45, 7) is 5.94. The van der Waals surface area contributed by atoms with Crippen LogP contribution in [0.25, 0.3) is 0 Å². The average Bonchev–Trinajstić information content (AvgIpc) is 2.36. The van der Waals surface area contributed by atoms with E-state index in [1.807, 2.05) is 13.8 Å². The molecule has 2 atom stereocenters. The molecule has 0 bridgehead atoms. The van der Waals surface area contributed by atoms with Crippen molar-refractivity contribution in [1.29, 1.82) is 0 Å². The number of nitrogens with zero attached hydrogens (tertiary/aromatic N) is 1. The summed E-state index contributed by atoms with van der Waals surface area (Å²) in [5, 5.41) is 2.73. The lowest BCUT2D eigenvalue weighted by atomic mass is 10.0. The Labute approximate surface area is 120 Å². The number of carbonyl (C=O) groups excluding carboxylic acids is 2. The van der Waals surface area contributed by atoms with Crippen LogP contribution in [-0.2, 0) is 19.4 Å². The van der Waals surface area contributed by atoms with Gasteiger partial charge in [0.15, 0.2) is 0 Å². The largest absolute Gasteiger partial charge is 0.344 e. The summed E-state index contributed by atoms with van der Waals surface area (Å²) < 4.78 is 22.8. The maximum Gasteiger partial charge on any atom is 0.245 e. The zero-order chi connectivity index (χ0) is 15.5. The minimum Gasteiger partial charge on any atom is -0.344 e. The van der Waals surface area contributed by atoms with Gasteiger partial charge in [-0.3, -0.25) is 9.59 Å². The summed E-state index contributed by atoms with van der Waals surface area (Å²) in [5.74, 6) is -0.144. The molecule has 0 aromatic rings. The molecule has 7 heteroatoms. The van der Waals surface area contributed by atoms with Crippen LogP contribution in [0.1, 0.15) is 33.6 Å². The minimum atomic E-state index is -3.16. The molecule has 2 amide bonds. The second-order valence-corrected chi connectivity index (χ2v) is 8.16. The highest BCUT2D eigenvalue weighted by Crippen LogP contribution is 2.15. The van der Waals surface area contributed by atoms with Crippen molar-refractivity contribution >= 4 is 21.7 Å². The molecule has 0 saturated carbocycles. The third-order valence-electron chi connectivity index (χ3n) is 3.28. The molecule has 0 radical (unpaired) electrons. The number of hydrogen-bond donors (Lipinski definition) is 1. The molecular weight excluding hydrogens is 280 g/mol. The Bertz CT molecular complexity index is 473. The van der Waals surface area contributed by atoms with E-state index >= 15 is 0 Å². The van der Waals surface area contributed by atoms with Gasteiger partial charge in [0.25, 0.3) is 0 Å². The van der Waals surface area contributed by atoms with E-state index in [0.29, 0.717) is 6.42 Å². The number of hydrogen-bond acceptors (Lipinski definition) is 4. The number of sulfone groups is 1. The lowest BCUT2D eigenvalue weighted by Crippen LogP contribution is -2.49. The third-order valence-corrected chi connectivity index (χ3v) is 4.37. The van der Waals surface area contributed by atoms with Gasteiger partial charge in [-0.25, -0.2) is 8.42 Å². The molecule has 1 rings (SSSR count). The summed E-state index contributed by atoms with van der Waals surface area (Å²) in [6, 6.07) is -0.966. The first-order valence-corrected chi connectivity index (χ1v) is 8.93. The molecule has 1 fully saturated rings. The Hall–Kier alpha value is -1.11. The molecule has 1 saturated heterocycles. The average molecular weight is 304 g/mol. The first-order chi connectivity index (χ1) is 9.10. The van der Waals surface area contributed by atoms with Gasteiger partial charge >= 0.3 is 0 Å². The summed E-state index contributed by atoms with van der Waals surface area (Å²) in [4.78, 5) is 25.7. The summed E-state index contributed by atoms with van der Waals surface area (Å²) >= 11 is 0. The third kappa shape index (κ3) is 5.11. The number of nitrogens with one attached hydrogen (secondary N) is 1. The highest BCUT2D eigenvalue weighted by Gasteiger charge is 2.33. The van der Waals surface area contributed by atoms with Crippen LogP contribution in [0.15, 0.2) is 0 Å². The Morgan fingerprint density at radius 3 is 2.40 bits per heavy atom. The zero-order valence-corrected chi connectivity index (χ0v) is 13.4. The van der Waals surface area contributed by atoms with Crippen LogP contribution < -0.4 is 5.32 Å². The number of amides is 2. The lowest BCUT2D eigenvalue weighted by molar-refractivity contribution is -0.135. The summed E-state index contributed by atoms with van der Waals surface area (Å²) in [5.41, 5.74) is 0. The van der Waals surface area contributed by atoms with Gasteiger partial charge in [0.1, 0.15) is 15.9 Å². The number of rotatable bonds is 5. The SMILES string of the molecule is CC(C)CC1NC(=O)CCN(C(C)CS(C)(=O)=O)C1=O. The molecule has 1 N–H and O–H groups in total. The van der Waals surface area contributed by atoms with Crippen LogP contribution in [0, 0.1) is 5.92 Å². The fourth-order valence-electron chi connectivity index (χ4n) is 2.46. The fourth-order valence-corrected chi connectivity index (χ4v) is 3.51. The number of carbonyl (C=O) groups is 2.